The third kappa shape index (κ3) is 3.91. The summed E-state index contributed by atoms with van der Waals surface area (Å²) in [5.74, 6) is -0.765. The van der Waals surface area contributed by atoms with Gasteiger partial charge < -0.3 is 14.7 Å². The molecule has 162 valence electrons. The Morgan fingerprint density at radius 2 is 2.10 bits per heavy atom. The lowest BCUT2D eigenvalue weighted by molar-refractivity contribution is -0.461. The van der Waals surface area contributed by atoms with Gasteiger partial charge in [-0.25, -0.2) is 13.9 Å². The Bertz CT molecular complexity index is 1050. The van der Waals surface area contributed by atoms with Gasteiger partial charge in [0.15, 0.2) is 4.80 Å². The molecule has 1 N–H and O–H groups in total. The first-order chi connectivity index (χ1) is 14.1. The molecular weight excluding hydrogens is 437 g/mol. The fourth-order valence-corrected chi connectivity index (χ4v) is 3.95. The van der Waals surface area contributed by atoms with Crippen molar-refractivity contribution in [3.8, 4) is 11.4 Å². The van der Waals surface area contributed by atoms with Crippen molar-refractivity contribution in [1.29, 1.82) is 0 Å². The molecule has 30 heavy (non-hydrogen) atoms. The van der Waals surface area contributed by atoms with E-state index in [2.05, 4.69) is 14.5 Å². The zero-order valence-electron chi connectivity index (χ0n) is 15.0. The molecule has 0 unspecified atom stereocenters. The molecular formula is C17H14F5N3O4S. The molecule has 2 aromatic rings. The summed E-state index contributed by atoms with van der Waals surface area (Å²) in [7, 11) is 0. The van der Waals surface area contributed by atoms with E-state index in [1.54, 1.807) is 0 Å². The summed E-state index contributed by atoms with van der Waals surface area (Å²) in [5.41, 5.74) is -0.898. The minimum absolute atomic E-state index is 0.0256. The van der Waals surface area contributed by atoms with Crippen LogP contribution in [0.25, 0.3) is 5.69 Å². The number of aromatic nitrogens is 1. The van der Waals surface area contributed by atoms with Crippen LogP contribution in [0.2, 0.25) is 0 Å². The number of carbonyl (C=O) groups excluding carboxylic acids is 1. The summed E-state index contributed by atoms with van der Waals surface area (Å²) in [6.07, 6.45) is -8.42. The van der Waals surface area contributed by atoms with Crippen LogP contribution in [0, 0.1) is 0 Å². The summed E-state index contributed by atoms with van der Waals surface area (Å²) in [6, 6.07) is 2.26. The topological polar surface area (TPSA) is 76.3 Å². The molecule has 0 aliphatic carbocycles. The number of aliphatic hydroxyl groups excluding tert-OH is 1. The number of ether oxygens (including phenoxy) is 2. The van der Waals surface area contributed by atoms with Gasteiger partial charge in [0.05, 0.1) is 23.6 Å². The number of hydrogen-bond donors (Lipinski definition) is 1. The Morgan fingerprint density at radius 3 is 2.77 bits per heavy atom. The number of aliphatic hydroxyl groups is 1. The van der Waals surface area contributed by atoms with E-state index in [1.165, 1.54) is 21.7 Å². The van der Waals surface area contributed by atoms with Crippen LogP contribution in [0.4, 0.5) is 26.7 Å². The third-order valence-electron chi connectivity index (χ3n) is 4.48. The Hall–Kier alpha value is -2.51. The molecule has 0 bridgehead atoms. The van der Waals surface area contributed by atoms with Crippen molar-refractivity contribution in [3.05, 3.63) is 39.6 Å². The molecule has 1 aromatic heterocycles. The maximum Gasteiger partial charge on any atom is 0.540 e. The van der Waals surface area contributed by atoms with Gasteiger partial charge in [-0.3, -0.25) is 4.57 Å². The normalized spacial score (nSPS) is 22.7. The highest BCUT2D eigenvalue weighted by atomic mass is 32.1. The van der Waals surface area contributed by atoms with Gasteiger partial charge in [-0.15, -0.1) is 8.78 Å². The molecule has 1 fully saturated rings. The summed E-state index contributed by atoms with van der Waals surface area (Å²) >= 11 is 0.914. The number of rotatable bonds is 2. The van der Waals surface area contributed by atoms with E-state index < -0.39 is 42.5 Å². The number of nitrogens with zero attached hydrogens (tertiary/aromatic N) is 3. The Morgan fingerprint density at radius 1 is 1.33 bits per heavy atom. The van der Waals surface area contributed by atoms with Crippen molar-refractivity contribution in [3.63, 3.8) is 0 Å². The van der Waals surface area contributed by atoms with Gasteiger partial charge in [0.25, 0.3) is 0 Å². The molecule has 2 aliphatic rings. The lowest BCUT2D eigenvalue weighted by atomic mass is 10.1. The Balaban J connectivity index is 1.76. The van der Waals surface area contributed by atoms with E-state index in [-0.39, 0.29) is 30.0 Å². The quantitative estimate of drug-likeness (QED) is 0.713. The smallest absolute Gasteiger partial charge is 0.409 e. The summed E-state index contributed by atoms with van der Waals surface area (Å²) in [6.45, 7) is -0.325. The molecule has 1 atom stereocenters. The monoisotopic (exact) mass is 451 g/mol. The average molecular weight is 451 g/mol. The first-order valence-electron chi connectivity index (χ1n) is 8.67. The SMILES string of the molecule is O=C(/N=c1\sc(CO)cn1-c1ccc2c(c1)C(F)(F)OC(F)(F)O2)N1CC[C@@H](F)C1. The number of halogens is 5. The van der Waals surface area contributed by atoms with Crippen LogP contribution < -0.4 is 9.54 Å². The van der Waals surface area contributed by atoms with E-state index in [0.717, 1.165) is 23.5 Å². The predicted molar refractivity (Wildman–Crippen MR) is 92.2 cm³/mol. The molecule has 7 nitrogen and oxygen atoms in total. The minimum Gasteiger partial charge on any atom is -0.409 e. The first kappa shape index (κ1) is 20.8. The highest BCUT2D eigenvalue weighted by Crippen LogP contribution is 2.46. The number of thiazole rings is 1. The second-order valence-electron chi connectivity index (χ2n) is 6.60. The number of amides is 2. The maximum absolute atomic E-state index is 14.1. The molecule has 2 aliphatic heterocycles. The average Bonchev–Trinajstić information content (AvgIpc) is 3.26. The van der Waals surface area contributed by atoms with Gasteiger partial charge in [-0.2, -0.15) is 13.8 Å². The zero-order chi connectivity index (χ0) is 21.7. The molecule has 0 spiro atoms. The predicted octanol–water partition coefficient (Wildman–Crippen LogP) is 3.10. The zero-order valence-corrected chi connectivity index (χ0v) is 15.8. The molecule has 0 saturated carbocycles. The number of carbonyl (C=O) groups is 1. The number of hydrogen-bond acceptors (Lipinski definition) is 5. The first-order valence-corrected chi connectivity index (χ1v) is 9.49. The van der Waals surface area contributed by atoms with Crippen molar-refractivity contribution in [1.82, 2.24) is 9.47 Å². The Labute approximate surface area is 169 Å². The van der Waals surface area contributed by atoms with Gasteiger partial charge in [0, 0.05) is 18.4 Å². The van der Waals surface area contributed by atoms with E-state index in [1.807, 2.05) is 0 Å². The largest absolute Gasteiger partial charge is 0.540 e. The van der Waals surface area contributed by atoms with Crippen molar-refractivity contribution < 1.29 is 41.3 Å². The molecule has 1 aromatic carbocycles. The number of alkyl halides is 5. The second-order valence-corrected chi connectivity index (χ2v) is 7.69. The second kappa shape index (κ2) is 7.32. The van der Waals surface area contributed by atoms with Gasteiger partial charge >= 0.3 is 18.4 Å². The number of fused-ring (bicyclic) bond motifs is 1. The number of benzene rings is 1. The van der Waals surface area contributed by atoms with E-state index in [9.17, 15) is 31.9 Å². The molecule has 2 amide bonds. The minimum atomic E-state index is -4.49. The fourth-order valence-electron chi connectivity index (χ4n) is 3.11. The van der Waals surface area contributed by atoms with Crippen molar-refractivity contribution in [2.75, 3.05) is 13.1 Å². The fraction of sp³-hybridized carbons (Fsp3) is 0.412. The van der Waals surface area contributed by atoms with Gasteiger partial charge in [0.1, 0.15) is 11.9 Å². The lowest BCUT2D eigenvalue weighted by Crippen LogP contribution is -2.41. The van der Waals surface area contributed by atoms with Crippen LogP contribution in [0.1, 0.15) is 16.9 Å². The summed E-state index contributed by atoms with van der Waals surface area (Å²) in [5, 5.41) is 9.40. The van der Waals surface area contributed by atoms with Crippen LogP contribution in [0.3, 0.4) is 0 Å². The lowest BCUT2D eigenvalue weighted by Gasteiger charge is -2.30. The van der Waals surface area contributed by atoms with Crippen LogP contribution in [0.15, 0.2) is 29.4 Å². The standard InChI is InChI=1S/C17H14F5N3O4S/c18-9-3-4-24(6-9)14(27)23-15-25(7-11(8-26)30-15)10-1-2-13-12(5-10)16(19,20)29-17(21,22)28-13/h1-2,5,7,9,26H,3-4,6,8H2/b23-15-/t9-/m1/s1. The van der Waals surface area contributed by atoms with Gasteiger partial charge in [-0.05, 0) is 24.6 Å². The van der Waals surface area contributed by atoms with Crippen LogP contribution in [-0.2, 0) is 17.5 Å². The highest BCUT2D eigenvalue weighted by molar-refractivity contribution is 7.09. The van der Waals surface area contributed by atoms with Crippen LogP contribution in [-0.4, -0.2) is 46.2 Å². The van der Waals surface area contributed by atoms with Crippen molar-refractivity contribution in [2.45, 2.75) is 31.6 Å². The Kier molecular flexibility index (Phi) is 5.06. The molecule has 13 heteroatoms. The molecule has 0 radical (unpaired) electrons. The van der Waals surface area contributed by atoms with E-state index in [0.29, 0.717) is 4.88 Å². The van der Waals surface area contributed by atoms with Gasteiger partial charge in [-0.1, -0.05) is 11.3 Å². The van der Waals surface area contributed by atoms with E-state index in [4.69, 9.17) is 0 Å². The maximum atomic E-state index is 14.1. The van der Waals surface area contributed by atoms with Crippen LogP contribution in [0.5, 0.6) is 5.75 Å². The van der Waals surface area contributed by atoms with Crippen LogP contribution >= 0.6 is 11.3 Å². The molecule has 4 rings (SSSR count). The van der Waals surface area contributed by atoms with Crippen molar-refractivity contribution >= 4 is 17.4 Å². The highest BCUT2D eigenvalue weighted by Gasteiger charge is 2.54. The molecule has 1 saturated heterocycles. The third-order valence-corrected chi connectivity index (χ3v) is 5.45. The number of likely N-dealkylation sites (tertiary alicyclic amines) is 1. The summed E-state index contributed by atoms with van der Waals surface area (Å²) in [4.78, 5) is 17.8. The van der Waals surface area contributed by atoms with Gasteiger partial charge in [0.2, 0.25) is 0 Å². The van der Waals surface area contributed by atoms with E-state index >= 15 is 0 Å². The summed E-state index contributed by atoms with van der Waals surface area (Å²) < 4.78 is 76.7. The van der Waals surface area contributed by atoms with Crippen molar-refractivity contribution in [2.24, 2.45) is 4.99 Å². The molecule has 3 heterocycles. The number of urea groups is 1.